The van der Waals surface area contributed by atoms with Crippen LogP contribution >= 0.6 is 0 Å². The summed E-state index contributed by atoms with van der Waals surface area (Å²) in [6.45, 7) is 3.44. The van der Waals surface area contributed by atoms with Gasteiger partial charge in [0.1, 0.15) is 11.3 Å². The zero-order valence-corrected chi connectivity index (χ0v) is 15.7. The number of piperidine rings is 1. The summed E-state index contributed by atoms with van der Waals surface area (Å²) in [5, 5.41) is 2.84. The number of halogens is 1. The Morgan fingerprint density at radius 2 is 1.96 bits per heavy atom. The molecule has 1 aromatic heterocycles. The van der Waals surface area contributed by atoms with Crippen molar-refractivity contribution in [2.45, 2.75) is 19.3 Å². The van der Waals surface area contributed by atoms with Crippen LogP contribution in [0.1, 0.15) is 29.1 Å². The zero-order valence-electron chi connectivity index (χ0n) is 15.7. The molecule has 1 aliphatic rings. The molecule has 1 saturated heterocycles. The number of oxazole rings is 1. The van der Waals surface area contributed by atoms with Crippen molar-refractivity contribution < 1.29 is 13.6 Å². The second-order valence-electron chi connectivity index (χ2n) is 7.36. The van der Waals surface area contributed by atoms with Gasteiger partial charge in [0.15, 0.2) is 5.58 Å². The fourth-order valence-electron chi connectivity index (χ4n) is 3.76. The third-order valence-corrected chi connectivity index (χ3v) is 5.33. The average molecular weight is 381 g/mol. The molecule has 2 heterocycles. The van der Waals surface area contributed by atoms with E-state index < -0.39 is 5.82 Å². The predicted molar refractivity (Wildman–Crippen MR) is 106 cm³/mol. The first-order chi connectivity index (χ1) is 13.7. The van der Waals surface area contributed by atoms with E-state index in [4.69, 9.17) is 4.42 Å². The summed E-state index contributed by atoms with van der Waals surface area (Å²) < 4.78 is 18.6. The Morgan fingerprint density at radius 3 is 2.75 bits per heavy atom. The number of nitrogens with zero attached hydrogens (tertiary/aromatic N) is 2. The van der Waals surface area contributed by atoms with E-state index in [9.17, 15) is 9.18 Å². The first kappa shape index (κ1) is 18.6. The molecule has 0 aliphatic carbocycles. The second-order valence-corrected chi connectivity index (χ2v) is 7.36. The van der Waals surface area contributed by atoms with E-state index in [0.29, 0.717) is 17.6 Å². The standard InChI is InChI=1S/C22H24FN3O2/c23-18-6-7-20-19(15-18)25-22(28-20)21(27)24-10-13-26-11-8-17(9-12-26)14-16-4-2-1-3-5-16/h1-7,15,17H,8-14H2,(H,24,27). The minimum atomic E-state index is -0.400. The van der Waals surface area contributed by atoms with Gasteiger partial charge in [-0.25, -0.2) is 9.37 Å². The SMILES string of the molecule is O=C(NCCN1CCC(Cc2ccccc2)CC1)c1nc2cc(F)ccc2o1. The van der Waals surface area contributed by atoms with E-state index in [-0.39, 0.29) is 11.8 Å². The lowest BCUT2D eigenvalue weighted by Gasteiger charge is -2.32. The summed E-state index contributed by atoms with van der Waals surface area (Å²) >= 11 is 0. The van der Waals surface area contributed by atoms with Crippen molar-refractivity contribution in [1.82, 2.24) is 15.2 Å². The summed E-state index contributed by atoms with van der Waals surface area (Å²) in [5.74, 6) is -0.0606. The third-order valence-electron chi connectivity index (χ3n) is 5.33. The predicted octanol–water partition coefficient (Wildman–Crippen LogP) is 3.65. The van der Waals surface area contributed by atoms with Crippen LogP contribution in [0.4, 0.5) is 4.39 Å². The lowest BCUT2D eigenvalue weighted by atomic mass is 9.90. The molecular weight excluding hydrogens is 357 g/mol. The van der Waals surface area contributed by atoms with Crippen LogP contribution in [0, 0.1) is 11.7 Å². The maximum Gasteiger partial charge on any atom is 0.307 e. The van der Waals surface area contributed by atoms with E-state index in [1.807, 2.05) is 0 Å². The molecule has 5 nitrogen and oxygen atoms in total. The van der Waals surface area contributed by atoms with Crippen molar-refractivity contribution in [3.05, 3.63) is 65.8 Å². The molecule has 0 spiro atoms. The van der Waals surface area contributed by atoms with Gasteiger partial charge >= 0.3 is 5.91 Å². The minimum Gasteiger partial charge on any atom is -0.432 e. The Morgan fingerprint density at radius 1 is 1.18 bits per heavy atom. The van der Waals surface area contributed by atoms with Crippen LogP contribution in [0.2, 0.25) is 0 Å². The molecule has 0 atom stereocenters. The smallest absolute Gasteiger partial charge is 0.307 e. The molecule has 3 aromatic rings. The third kappa shape index (κ3) is 4.57. The Balaban J connectivity index is 1.20. The van der Waals surface area contributed by atoms with Crippen molar-refractivity contribution in [3.63, 3.8) is 0 Å². The Bertz CT molecular complexity index is 933. The van der Waals surface area contributed by atoms with Gasteiger partial charge in [0.25, 0.3) is 5.89 Å². The molecule has 1 amide bonds. The number of carbonyl (C=O) groups excluding carboxylic acids is 1. The van der Waals surface area contributed by atoms with Gasteiger partial charge in [0.2, 0.25) is 0 Å². The Kier molecular flexibility index (Phi) is 5.67. The second kappa shape index (κ2) is 8.52. The minimum absolute atomic E-state index is 0.0258. The Labute approximate surface area is 163 Å². The largest absolute Gasteiger partial charge is 0.432 e. The fourth-order valence-corrected chi connectivity index (χ4v) is 3.76. The van der Waals surface area contributed by atoms with Crippen molar-refractivity contribution in [3.8, 4) is 0 Å². The van der Waals surface area contributed by atoms with E-state index in [1.54, 1.807) is 0 Å². The highest BCUT2D eigenvalue weighted by Crippen LogP contribution is 2.21. The lowest BCUT2D eigenvalue weighted by Crippen LogP contribution is -2.40. The van der Waals surface area contributed by atoms with Gasteiger partial charge in [-0.3, -0.25) is 4.79 Å². The van der Waals surface area contributed by atoms with E-state index in [2.05, 4.69) is 45.5 Å². The lowest BCUT2D eigenvalue weighted by molar-refractivity contribution is 0.0911. The van der Waals surface area contributed by atoms with Gasteiger partial charge in [-0.05, 0) is 56.0 Å². The van der Waals surface area contributed by atoms with Crippen molar-refractivity contribution >= 4 is 17.0 Å². The van der Waals surface area contributed by atoms with Gasteiger partial charge in [-0.2, -0.15) is 0 Å². The molecule has 2 aromatic carbocycles. The van der Waals surface area contributed by atoms with E-state index in [0.717, 1.165) is 32.0 Å². The topological polar surface area (TPSA) is 58.4 Å². The maximum absolute atomic E-state index is 13.2. The first-order valence-corrected chi connectivity index (χ1v) is 9.78. The van der Waals surface area contributed by atoms with Crippen LogP contribution in [0.3, 0.4) is 0 Å². The fraction of sp³-hybridized carbons (Fsp3) is 0.364. The van der Waals surface area contributed by atoms with Gasteiger partial charge < -0.3 is 14.6 Å². The highest BCUT2D eigenvalue weighted by atomic mass is 19.1. The highest BCUT2D eigenvalue weighted by Gasteiger charge is 2.20. The molecule has 4 rings (SSSR count). The molecule has 146 valence electrons. The number of hydrogen-bond donors (Lipinski definition) is 1. The number of aromatic nitrogens is 1. The molecule has 0 saturated carbocycles. The molecule has 1 N–H and O–H groups in total. The van der Waals surface area contributed by atoms with Crippen molar-refractivity contribution in [2.75, 3.05) is 26.2 Å². The molecule has 6 heteroatoms. The molecule has 0 bridgehead atoms. The monoisotopic (exact) mass is 381 g/mol. The number of fused-ring (bicyclic) bond motifs is 1. The van der Waals surface area contributed by atoms with Crippen LogP contribution in [0.15, 0.2) is 52.9 Å². The molecule has 0 unspecified atom stereocenters. The number of rotatable bonds is 6. The summed E-state index contributed by atoms with van der Waals surface area (Å²) in [5.41, 5.74) is 2.17. The van der Waals surface area contributed by atoms with Crippen LogP contribution in [0.5, 0.6) is 0 Å². The molecular formula is C22H24FN3O2. The average Bonchev–Trinajstić information content (AvgIpc) is 3.13. The number of likely N-dealkylation sites (tertiary alicyclic amines) is 1. The number of amides is 1. The van der Waals surface area contributed by atoms with E-state index >= 15 is 0 Å². The first-order valence-electron chi connectivity index (χ1n) is 9.78. The summed E-state index contributed by atoms with van der Waals surface area (Å²) in [4.78, 5) is 18.7. The zero-order chi connectivity index (χ0) is 19.3. The normalized spacial score (nSPS) is 15.8. The molecule has 1 fully saturated rings. The summed E-state index contributed by atoms with van der Waals surface area (Å²) in [6, 6.07) is 14.7. The number of carbonyl (C=O) groups is 1. The van der Waals surface area contributed by atoms with Gasteiger partial charge in [-0.1, -0.05) is 30.3 Å². The molecule has 0 radical (unpaired) electrons. The van der Waals surface area contributed by atoms with Crippen molar-refractivity contribution in [2.24, 2.45) is 5.92 Å². The molecule has 1 aliphatic heterocycles. The quantitative estimate of drug-likeness (QED) is 0.708. The molecule has 28 heavy (non-hydrogen) atoms. The number of nitrogens with one attached hydrogen (secondary N) is 1. The van der Waals surface area contributed by atoms with Crippen LogP contribution in [0.25, 0.3) is 11.1 Å². The van der Waals surface area contributed by atoms with Gasteiger partial charge in [0, 0.05) is 19.2 Å². The summed E-state index contributed by atoms with van der Waals surface area (Å²) in [6.07, 6.45) is 3.50. The highest BCUT2D eigenvalue weighted by molar-refractivity contribution is 5.92. The van der Waals surface area contributed by atoms with Crippen LogP contribution in [-0.4, -0.2) is 42.0 Å². The Hall–Kier alpha value is -2.73. The van der Waals surface area contributed by atoms with Gasteiger partial charge in [0.05, 0.1) is 0 Å². The van der Waals surface area contributed by atoms with Crippen LogP contribution < -0.4 is 5.32 Å². The van der Waals surface area contributed by atoms with E-state index in [1.165, 1.54) is 36.6 Å². The maximum atomic E-state index is 13.2. The van der Waals surface area contributed by atoms with Gasteiger partial charge in [-0.15, -0.1) is 0 Å². The number of benzene rings is 2. The van der Waals surface area contributed by atoms with Crippen LogP contribution in [-0.2, 0) is 6.42 Å². The summed E-state index contributed by atoms with van der Waals surface area (Å²) in [7, 11) is 0. The van der Waals surface area contributed by atoms with Crippen molar-refractivity contribution in [1.29, 1.82) is 0 Å². The number of hydrogen-bond acceptors (Lipinski definition) is 4.